The van der Waals surface area contributed by atoms with E-state index < -0.39 is 86.1 Å². The van der Waals surface area contributed by atoms with E-state index in [2.05, 4.69) is 0 Å². The summed E-state index contributed by atoms with van der Waals surface area (Å²) in [5.74, 6) is -56.6. The number of halogens is 19. The lowest BCUT2D eigenvalue weighted by Gasteiger charge is -2.42. The molecule has 0 amide bonds. The number of likely N-dealkylation sites (N-methyl/N-ethyl adjacent to an activating group) is 1. The Morgan fingerprint density at radius 1 is 0.595 bits per heavy atom. The van der Waals surface area contributed by atoms with Gasteiger partial charge in [0.25, 0.3) is 0 Å². The molecule has 0 bridgehead atoms. The van der Waals surface area contributed by atoms with E-state index in [4.69, 9.17) is 5.11 Å². The van der Waals surface area contributed by atoms with Gasteiger partial charge in [0.1, 0.15) is 0 Å². The molecule has 0 heterocycles. The van der Waals surface area contributed by atoms with Crippen LogP contribution < -0.4 is 0 Å². The maximum atomic E-state index is 13.8. The fourth-order valence-electron chi connectivity index (χ4n) is 1.94. The van der Waals surface area contributed by atoms with Crippen molar-refractivity contribution >= 4 is 16.0 Å². The standard InChI is InChI=1S/C12H4F19NO4S/c1-32(2(3(13)14)4(33)34)37(35,36)12(30,31)10(25,26)8(21,22)6(17,18)5(15,16)7(19,20)9(23,24)11(27,28)29/h1H3,(H,33,34). The molecule has 0 saturated heterocycles. The summed E-state index contributed by atoms with van der Waals surface area (Å²) in [6.45, 7) is 0. The monoisotopic (exact) mass is 619 g/mol. The van der Waals surface area contributed by atoms with Gasteiger partial charge < -0.3 is 5.11 Å². The first kappa shape index (κ1) is 34.6. The predicted molar refractivity (Wildman–Crippen MR) is 74.2 cm³/mol. The van der Waals surface area contributed by atoms with Gasteiger partial charge in [-0.1, -0.05) is 0 Å². The molecule has 0 unspecified atom stereocenters. The first-order valence-electron chi connectivity index (χ1n) is 7.66. The number of carboxylic acid groups (broad SMARTS) is 1. The summed E-state index contributed by atoms with van der Waals surface area (Å²) in [6, 6.07) is 0. The molecule has 0 aliphatic heterocycles. The highest BCUT2D eigenvalue weighted by molar-refractivity contribution is 7.90. The van der Waals surface area contributed by atoms with Crippen LogP contribution in [0.1, 0.15) is 0 Å². The summed E-state index contributed by atoms with van der Waals surface area (Å²) in [4.78, 5) is 10.5. The van der Waals surface area contributed by atoms with Crippen molar-refractivity contribution in [1.29, 1.82) is 0 Å². The summed E-state index contributed by atoms with van der Waals surface area (Å²) >= 11 is 0. The predicted octanol–water partition coefficient (Wildman–Crippen LogP) is 5.41. The smallest absolute Gasteiger partial charge is 0.460 e. The van der Waals surface area contributed by atoms with Crippen molar-refractivity contribution in [3.63, 3.8) is 0 Å². The lowest BCUT2D eigenvalue weighted by molar-refractivity contribution is -0.458. The number of alkyl halides is 17. The molecule has 1 N–H and O–H groups in total. The Morgan fingerprint density at radius 2 is 0.865 bits per heavy atom. The molecule has 0 aliphatic carbocycles. The van der Waals surface area contributed by atoms with Crippen LogP contribution in [0.2, 0.25) is 0 Å². The van der Waals surface area contributed by atoms with Crippen LogP contribution in [-0.2, 0) is 14.8 Å². The first-order chi connectivity index (χ1) is 15.7. The van der Waals surface area contributed by atoms with Crippen LogP contribution in [0.15, 0.2) is 11.8 Å². The van der Waals surface area contributed by atoms with Crippen molar-refractivity contribution in [2.75, 3.05) is 7.05 Å². The summed E-state index contributed by atoms with van der Waals surface area (Å²) in [7, 11) is -9.06. The Morgan fingerprint density at radius 3 is 1.11 bits per heavy atom. The second kappa shape index (κ2) is 8.84. The van der Waals surface area contributed by atoms with E-state index in [9.17, 15) is 96.6 Å². The summed E-state index contributed by atoms with van der Waals surface area (Å²) in [5, 5.41) is 0.112. The molecule has 220 valence electrons. The summed E-state index contributed by atoms with van der Waals surface area (Å²) in [5.41, 5.74) is -3.27. The van der Waals surface area contributed by atoms with Crippen molar-refractivity contribution in [3.8, 4) is 0 Å². The van der Waals surface area contributed by atoms with Gasteiger partial charge in [0.15, 0.2) is 0 Å². The normalized spacial score (nSPS) is 15.5. The largest absolute Gasteiger partial charge is 0.476 e. The van der Waals surface area contributed by atoms with Crippen molar-refractivity contribution in [3.05, 3.63) is 11.8 Å². The van der Waals surface area contributed by atoms with Gasteiger partial charge in [0.05, 0.1) is 0 Å². The number of hydrogen-bond donors (Lipinski definition) is 1. The van der Waals surface area contributed by atoms with Gasteiger partial charge >= 0.3 is 69.0 Å². The van der Waals surface area contributed by atoms with E-state index in [-0.39, 0.29) is 0 Å². The average molecular weight is 619 g/mol. The number of carbonyl (C=O) groups is 1. The zero-order valence-corrected chi connectivity index (χ0v) is 17.0. The molecular weight excluding hydrogens is 615 g/mol. The number of nitrogens with zero attached hydrogens (tertiary/aromatic N) is 1. The molecule has 0 aromatic rings. The third-order valence-corrected chi connectivity index (χ3v) is 5.88. The Labute approximate surface area is 189 Å². The van der Waals surface area contributed by atoms with Gasteiger partial charge in [-0.2, -0.15) is 91.8 Å². The number of rotatable bonds is 10. The highest BCUT2D eigenvalue weighted by atomic mass is 32.2. The molecule has 0 spiro atoms. The van der Waals surface area contributed by atoms with Gasteiger partial charge in [-0.25, -0.2) is 4.79 Å². The maximum Gasteiger partial charge on any atom is 0.460 e. The highest BCUT2D eigenvalue weighted by Gasteiger charge is 2.96. The lowest BCUT2D eigenvalue weighted by Crippen LogP contribution is -2.75. The summed E-state index contributed by atoms with van der Waals surface area (Å²) in [6.07, 6.45) is -11.9. The zero-order valence-electron chi connectivity index (χ0n) is 16.2. The molecule has 37 heavy (non-hydrogen) atoms. The second-order valence-corrected chi connectivity index (χ2v) is 8.36. The molecule has 0 saturated carbocycles. The van der Waals surface area contributed by atoms with Crippen LogP contribution in [0.4, 0.5) is 83.4 Å². The van der Waals surface area contributed by atoms with E-state index in [1.165, 1.54) is 0 Å². The van der Waals surface area contributed by atoms with Gasteiger partial charge in [0.2, 0.25) is 5.70 Å². The fourth-order valence-corrected chi connectivity index (χ4v) is 3.12. The maximum absolute atomic E-state index is 13.8. The van der Waals surface area contributed by atoms with Gasteiger partial charge in [0, 0.05) is 7.05 Å². The zero-order chi connectivity index (χ0) is 30.8. The van der Waals surface area contributed by atoms with Crippen LogP contribution in [0.3, 0.4) is 0 Å². The minimum Gasteiger partial charge on any atom is -0.476 e. The van der Waals surface area contributed by atoms with Crippen molar-refractivity contribution in [2.45, 2.75) is 47.0 Å². The Bertz CT molecular complexity index is 1040. The lowest BCUT2D eigenvalue weighted by atomic mass is 9.91. The Kier molecular flexibility index (Phi) is 8.28. The van der Waals surface area contributed by atoms with E-state index in [0.717, 1.165) is 0 Å². The Balaban J connectivity index is 7.22. The van der Waals surface area contributed by atoms with Crippen molar-refractivity contribution in [1.82, 2.24) is 4.31 Å². The van der Waals surface area contributed by atoms with E-state index in [0.29, 0.717) is 0 Å². The van der Waals surface area contributed by atoms with Gasteiger partial charge in [-0.15, -0.1) is 0 Å². The molecule has 0 atom stereocenters. The summed E-state index contributed by atoms with van der Waals surface area (Å²) < 4.78 is 269. The third kappa shape index (κ3) is 4.38. The molecule has 25 heteroatoms. The second-order valence-electron chi connectivity index (χ2n) is 6.35. The van der Waals surface area contributed by atoms with Crippen LogP contribution in [0, 0.1) is 0 Å². The number of hydrogen-bond acceptors (Lipinski definition) is 3. The van der Waals surface area contributed by atoms with Gasteiger partial charge in [-0.3, -0.25) is 4.31 Å². The van der Waals surface area contributed by atoms with Crippen LogP contribution >= 0.6 is 0 Å². The highest BCUT2D eigenvalue weighted by Crippen LogP contribution is 2.64. The van der Waals surface area contributed by atoms with Crippen LogP contribution in [-0.4, -0.2) is 77.8 Å². The number of sulfonamides is 1. The molecule has 0 fully saturated rings. The molecule has 0 aromatic carbocycles. The minimum atomic E-state index is -9.12. The van der Waals surface area contributed by atoms with E-state index in [1.54, 1.807) is 0 Å². The van der Waals surface area contributed by atoms with E-state index >= 15 is 0 Å². The molecule has 5 nitrogen and oxygen atoms in total. The van der Waals surface area contributed by atoms with Crippen LogP contribution in [0.5, 0.6) is 0 Å². The SMILES string of the molecule is CN(C(C(=O)O)=C(F)F)S(=O)(=O)C(F)(F)C(F)(F)C(F)(F)C(F)(F)C(F)(F)C(F)(F)C(F)(F)C(F)(F)F. The van der Waals surface area contributed by atoms with E-state index in [1.807, 2.05) is 0 Å². The van der Waals surface area contributed by atoms with Gasteiger partial charge in [-0.05, 0) is 0 Å². The Hall–Kier alpha value is -2.37. The molecule has 0 aliphatic rings. The average Bonchev–Trinajstić information content (AvgIpc) is 2.65. The topological polar surface area (TPSA) is 74.7 Å². The molecule has 0 aromatic heterocycles. The minimum absolute atomic E-state index is 0.856. The number of carboxylic acids is 1. The first-order valence-corrected chi connectivity index (χ1v) is 9.10. The molecular formula is C12H4F19NO4S. The molecule has 0 rings (SSSR count). The third-order valence-electron chi connectivity index (χ3n) is 4.07. The quantitative estimate of drug-likeness (QED) is 0.263. The fraction of sp³-hybridized carbons (Fsp3) is 0.750. The van der Waals surface area contributed by atoms with Crippen molar-refractivity contribution in [2.24, 2.45) is 0 Å². The van der Waals surface area contributed by atoms with Crippen molar-refractivity contribution < 1.29 is 102 Å². The number of aliphatic carboxylic acids is 1. The molecule has 0 radical (unpaired) electrons. The van der Waals surface area contributed by atoms with Crippen LogP contribution in [0.25, 0.3) is 0 Å².